The quantitative estimate of drug-likeness (QED) is 0.679. The molecule has 0 fully saturated rings. The molecule has 2 aromatic rings. The summed E-state index contributed by atoms with van der Waals surface area (Å²) in [5.74, 6) is 0.945. The van der Waals surface area contributed by atoms with Crippen LogP contribution in [0, 0.1) is 0 Å². The number of H-pyrrole nitrogens is 1. The standard InChI is InChI=1S/C10H13N5/c11-5-4-7-2-1-3-8(6-7)9-13-10(12)15-14-9/h1-3,6H,4-5,11H2,(H3,12,13,14,15). The summed E-state index contributed by atoms with van der Waals surface area (Å²) in [6.07, 6.45) is 0.859. The Hall–Kier alpha value is -1.88. The average Bonchev–Trinajstić information content (AvgIpc) is 2.66. The zero-order valence-electron chi connectivity index (χ0n) is 8.27. The van der Waals surface area contributed by atoms with Gasteiger partial charge in [-0.15, -0.1) is 5.10 Å². The summed E-state index contributed by atoms with van der Waals surface area (Å²) in [5.41, 5.74) is 13.1. The third-order valence-electron chi connectivity index (χ3n) is 2.14. The second-order valence-corrected chi connectivity index (χ2v) is 3.28. The molecule has 1 heterocycles. The molecule has 0 amide bonds. The second kappa shape index (κ2) is 4.10. The van der Waals surface area contributed by atoms with E-state index in [1.165, 1.54) is 5.56 Å². The number of nitrogens with zero attached hydrogens (tertiary/aromatic N) is 2. The van der Waals surface area contributed by atoms with Crippen molar-refractivity contribution >= 4 is 5.95 Å². The molecule has 0 aliphatic rings. The van der Waals surface area contributed by atoms with Crippen LogP contribution in [0.3, 0.4) is 0 Å². The Labute approximate surface area is 87.5 Å². The molecule has 0 aliphatic heterocycles. The van der Waals surface area contributed by atoms with E-state index in [-0.39, 0.29) is 5.95 Å². The highest BCUT2D eigenvalue weighted by Gasteiger charge is 2.03. The normalized spacial score (nSPS) is 10.5. The summed E-state index contributed by atoms with van der Waals surface area (Å²) in [6.45, 7) is 0.641. The van der Waals surface area contributed by atoms with Crippen LogP contribution < -0.4 is 11.5 Å². The molecular weight excluding hydrogens is 190 g/mol. The SMILES string of the molecule is NCCc1cccc(-c2nc(N)n[nH]2)c1. The van der Waals surface area contributed by atoms with Crippen LogP contribution in [0.5, 0.6) is 0 Å². The first kappa shape index (κ1) is 9.67. The van der Waals surface area contributed by atoms with Gasteiger partial charge < -0.3 is 11.5 Å². The van der Waals surface area contributed by atoms with Gasteiger partial charge in [0.1, 0.15) is 0 Å². The number of hydrogen-bond donors (Lipinski definition) is 3. The summed E-state index contributed by atoms with van der Waals surface area (Å²) in [4.78, 5) is 4.06. The number of rotatable bonds is 3. The molecular formula is C10H13N5. The molecule has 0 unspecified atom stereocenters. The Morgan fingerprint density at radius 1 is 1.33 bits per heavy atom. The lowest BCUT2D eigenvalue weighted by Crippen LogP contribution is -2.02. The maximum Gasteiger partial charge on any atom is 0.239 e. The Kier molecular flexibility index (Phi) is 2.64. The number of nitrogen functional groups attached to an aromatic ring is 1. The second-order valence-electron chi connectivity index (χ2n) is 3.28. The van der Waals surface area contributed by atoms with Crippen LogP contribution in [0.15, 0.2) is 24.3 Å². The van der Waals surface area contributed by atoms with Crippen molar-refractivity contribution in [1.29, 1.82) is 0 Å². The van der Waals surface area contributed by atoms with Crippen LogP contribution in [0.25, 0.3) is 11.4 Å². The monoisotopic (exact) mass is 203 g/mol. The summed E-state index contributed by atoms with van der Waals surface area (Å²) in [5, 5.41) is 6.56. The smallest absolute Gasteiger partial charge is 0.239 e. The fourth-order valence-electron chi connectivity index (χ4n) is 1.44. The largest absolute Gasteiger partial charge is 0.366 e. The summed E-state index contributed by atoms with van der Waals surface area (Å²) in [6, 6.07) is 8.00. The van der Waals surface area contributed by atoms with E-state index in [1.54, 1.807) is 0 Å². The van der Waals surface area contributed by atoms with Gasteiger partial charge in [0.2, 0.25) is 5.95 Å². The van der Waals surface area contributed by atoms with E-state index >= 15 is 0 Å². The molecule has 0 aliphatic carbocycles. The van der Waals surface area contributed by atoms with Gasteiger partial charge in [0.25, 0.3) is 0 Å². The van der Waals surface area contributed by atoms with Gasteiger partial charge >= 0.3 is 0 Å². The molecule has 1 aromatic carbocycles. The highest BCUT2D eigenvalue weighted by molar-refractivity contribution is 5.56. The van der Waals surface area contributed by atoms with Gasteiger partial charge in [-0.2, -0.15) is 4.98 Å². The van der Waals surface area contributed by atoms with Crippen LogP contribution >= 0.6 is 0 Å². The summed E-state index contributed by atoms with van der Waals surface area (Å²) < 4.78 is 0. The van der Waals surface area contributed by atoms with E-state index in [4.69, 9.17) is 11.5 Å². The fourth-order valence-corrected chi connectivity index (χ4v) is 1.44. The molecule has 5 nitrogen and oxygen atoms in total. The minimum absolute atomic E-state index is 0.259. The molecule has 0 atom stereocenters. The highest BCUT2D eigenvalue weighted by atomic mass is 15.3. The molecule has 0 spiro atoms. The fraction of sp³-hybridized carbons (Fsp3) is 0.200. The predicted octanol–water partition coefficient (Wildman–Crippen LogP) is 0.555. The van der Waals surface area contributed by atoms with Gasteiger partial charge in [0.05, 0.1) is 0 Å². The first-order valence-corrected chi connectivity index (χ1v) is 4.77. The number of nitrogens with two attached hydrogens (primary N) is 2. The lowest BCUT2D eigenvalue weighted by Gasteiger charge is -2.00. The average molecular weight is 203 g/mol. The van der Waals surface area contributed by atoms with Gasteiger partial charge in [0.15, 0.2) is 5.82 Å². The van der Waals surface area contributed by atoms with Crippen molar-refractivity contribution < 1.29 is 0 Å². The lowest BCUT2D eigenvalue weighted by molar-refractivity contribution is 0.968. The highest BCUT2D eigenvalue weighted by Crippen LogP contribution is 2.16. The molecule has 5 heteroatoms. The third kappa shape index (κ3) is 2.13. The van der Waals surface area contributed by atoms with Crippen molar-refractivity contribution in [3.05, 3.63) is 29.8 Å². The Morgan fingerprint density at radius 3 is 2.87 bits per heavy atom. The van der Waals surface area contributed by atoms with Gasteiger partial charge in [-0.05, 0) is 24.6 Å². The molecule has 0 saturated heterocycles. The molecule has 2 rings (SSSR count). The minimum Gasteiger partial charge on any atom is -0.366 e. The Morgan fingerprint density at radius 2 is 2.20 bits per heavy atom. The minimum atomic E-state index is 0.259. The number of nitrogens with one attached hydrogen (secondary N) is 1. The van der Waals surface area contributed by atoms with Crippen molar-refractivity contribution in [1.82, 2.24) is 15.2 Å². The first-order chi connectivity index (χ1) is 7.29. The van der Waals surface area contributed by atoms with E-state index in [0.717, 1.165) is 12.0 Å². The van der Waals surface area contributed by atoms with Gasteiger partial charge in [-0.3, -0.25) is 5.10 Å². The van der Waals surface area contributed by atoms with Crippen molar-refractivity contribution in [2.75, 3.05) is 12.3 Å². The van der Waals surface area contributed by atoms with E-state index in [2.05, 4.69) is 15.2 Å². The van der Waals surface area contributed by atoms with Gasteiger partial charge in [-0.1, -0.05) is 18.2 Å². The molecule has 1 aromatic heterocycles. The first-order valence-electron chi connectivity index (χ1n) is 4.77. The van der Waals surface area contributed by atoms with Crippen molar-refractivity contribution in [3.63, 3.8) is 0 Å². The van der Waals surface area contributed by atoms with Crippen LogP contribution in [-0.4, -0.2) is 21.7 Å². The number of benzene rings is 1. The van der Waals surface area contributed by atoms with E-state index in [9.17, 15) is 0 Å². The molecule has 15 heavy (non-hydrogen) atoms. The zero-order valence-corrected chi connectivity index (χ0v) is 8.27. The summed E-state index contributed by atoms with van der Waals surface area (Å²) >= 11 is 0. The molecule has 0 radical (unpaired) electrons. The molecule has 78 valence electrons. The zero-order chi connectivity index (χ0) is 10.7. The van der Waals surface area contributed by atoms with Crippen molar-refractivity contribution in [2.24, 2.45) is 5.73 Å². The maximum absolute atomic E-state index is 5.50. The van der Waals surface area contributed by atoms with Crippen molar-refractivity contribution in [2.45, 2.75) is 6.42 Å². The van der Waals surface area contributed by atoms with Gasteiger partial charge in [0, 0.05) is 5.56 Å². The number of aromatic nitrogens is 3. The summed E-state index contributed by atoms with van der Waals surface area (Å²) in [7, 11) is 0. The molecule has 5 N–H and O–H groups in total. The lowest BCUT2D eigenvalue weighted by atomic mass is 10.1. The van der Waals surface area contributed by atoms with Gasteiger partial charge in [-0.25, -0.2) is 0 Å². The van der Waals surface area contributed by atoms with E-state index in [0.29, 0.717) is 12.4 Å². The molecule has 0 saturated carbocycles. The Balaban J connectivity index is 2.32. The topological polar surface area (TPSA) is 93.6 Å². The van der Waals surface area contributed by atoms with E-state index < -0.39 is 0 Å². The number of anilines is 1. The number of hydrogen-bond acceptors (Lipinski definition) is 4. The molecule has 0 bridgehead atoms. The van der Waals surface area contributed by atoms with Crippen LogP contribution in [0.1, 0.15) is 5.56 Å². The predicted molar refractivity (Wildman–Crippen MR) is 59.0 cm³/mol. The van der Waals surface area contributed by atoms with E-state index in [1.807, 2.05) is 24.3 Å². The van der Waals surface area contributed by atoms with Crippen LogP contribution in [0.2, 0.25) is 0 Å². The van der Waals surface area contributed by atoms with Crippen molar-refractivity contribution in [3.8, 4) is 11.4 Å². The van der Waals surface area contributed by atoms with Crippen LogP contribution in [-0.2, 0) is 6.42 Å². The van der Waals surface area contributed by atoms with Crippen LogP contribution in [0.4, 0.5) is 5.95 Å². The number of aromatic amines is 1. The third-order valence-corrected chi connectivity index (χ3v) is 2.14. The maximum atomic E-state index is 5.50. The Bertz CT molecular complexity index is 449.